The van der Waals surface area contributed by atoms with Crippen LogP contribution in [0, 0.1) is 5.92 Å². The smallest absolute Gasteiger partial charge is 0.242 e. The average Bonchev–Trinajstić information content (AvgIpc) is 3.55. The van der Waals surface area contributed by atoms with Gasteiger partial charge in [-0.1, -0.05) is 48.5 Å². The molecule has 1 aromatic carbocycles. The number of benzene rings is 1. The number of halogens is 2. The number of thiophene rings is 1. The molecule has 35 heavy (non-hydrogen) atoms. The standard InChI is InChI=1S/C27H32Cl2N2O3S/c28-19-8-9-21(23(29)15-19)26-22-11-14-35-24(22)10-12-31(26)25(32)17-30(16-20-7-4-13-34-20)27(33)18-5-2-1-3-6-18/h8-9,11,14-15,18,20,26H,1-7,10,12-13,16-17H2. The van der Waals surface area contributed by atoms with Crippen molar-refractivity contribution < 1.29 is 14.3 Å². The highest BCUT2D eigenvalue weighted by atomic mass is 35.5. The van der Waals surface area contributed by atoms with Crippen LogP contribution in [0.4, 0.5) is 0 Å². The van der Waals surface area contributed by atoms with Crippen LogP contribution >= 0.6 is 34.5 Å². The normalized spacial score (nSPS) is 22.7. The van der Waals surface area contributed by atoms with Crippen LogP contribution in [0.25, 0.3) is 0 Å². The third-order valence-electron chi connectivity index (χ3n) is 7.58. The average molecular weight is 536 g/mol. The van der Waals surface area contributed by atoms with Crippen LogP contribution in [-0.2, 0) is 20.7 Å². The van der Waals surface area contributed by atoms with E-state index in [9.17, 15) is 9.59 Å². The Morgan fingerprint density at radius 3 is 2.63 bits per heavy atom. The Morgan fingerprint density at radius 2 is 1.89 bits per heavy atom. The zero-order valence-corrected chi connectivity index (χ0v) is 22.2. The number of amides is 2. The maximum atomic E-state index is 13.9. The van der Waals surface area contributed by atoms with Gasteiger partial charge < -0.3 is 14.5 Å². The summed E-state index contributed by atoms with van der Waals surface area (Å²) in [5.74, 6) is 0.0900. The van der Waals surface area contributed by atoms with E-state index in [0.717, 1.165) is 62.7 Å². The van der Waals surface area contributed by atoms with Crippen molar-refractivity contribution in [2.75, 3.05) is 26.2 Å². The summed E-state index contributed by atoms with van der Waals surface area (Å²) >= 11 is 14.5. The molecule has 0 spiro atoms. The molecule has 2 amide bonds. The van der Waals surface area contributed by atoms with E-state index in [1.807, 2.05) is 17.0 Å². The van der Waals surface area contributed by atoms with Crippen molar-refractivity contribution in [3.63, 3.8) is 0 Å². The van der Waals surface area contributed by atoms with E-state index >= 15 is 0 Å². The van der Waals surface area contributed by atoms with E-state index in [4.69, 9.17) is 27.9 Å². The molecule has 2 atom stereocenters. The Bertz CT molecular complexity index is 1060. The summed E-state index contributed by atoms with van der Waals surface area (Å²) in [5.41, 5.74) is 1.98. The van der Waals surface area contributed by atoms with Crippen molar-refractivity contribution in [3.8, 4) is 0 Å². The third kappa shape index (κ3) is 5.56. The summed E-state index contributed by atoms with van der Waals surface area (Å²) in [6.07, 6.45) is 7.96. The summed E-state index contributed by atoms with van der Waals surface area (Å²) in [6, 6.07) is 7.28. The predicted molar refractivity (Wildman–Crippen MR) is 140 cm³/mol. The molecule has 2 aliphatic heterocycles. The number of rotatable bonds is 6. The van der Waals surface area contributed by atoms with Crippen molar-refractivity contribution in [3.05, 3.63) is 55.7 Å². The Balaban J connectivity index is 1.41. The number of hydrogen-bond acceptors (Lipinski definition) is 4. The molecule has 3 aliphatic rings. The Morgan fingerprint density at radius 1 is 1.06 bits per heavy atom. The van der Waals surface area contributed by atoms with Gasteiger partial charge in [-0.3, -0.25) is 9.59 Å². The summed E-state index contributed by atoms with van der Waals surface area (Å²) in [6.45, 7) is 1.90. The van der Waals surface area contributed by atoms with Crippen LogP contribution in [0.15, 0.2) is 29.6 Å². The van der Waals surface area contributed by atoms with Gasteiger partial charge in [0.25, 0.3) is 0 Å². The molecule has 0 N–H and O–H groups in total. The summed E-state index contributed by atoms with van der Waals surface area (Å²) in [5, 5.41) is 3.19. The van der Waals surface area contributed by atoms with Crippen LogP contribution in [0.2, 0.25) is 10.0 Å². The first kappa shape index (κ1) is 25.1. The third-order valence-corrected chi connectivity index (χ3v) is 9.14. The molecule has 2 unspecified atom stereocenters. The van der Waals surface area contributed by atoms with E-state index in [-0.39, 0.29) is 36.4 Å². The first-order chi connectivity index (χ1) is 17.0. The van der Waals surface area contributed by atoms with Gasteiger partial charge in [-0.15, -0.1) is 11.3 Å². The van der Waals surface area contributed by atoms with Crippen molar-refractivity contribution in [2.24, 2.45) is 5.92 Å². The van der Waals surface area contributed by atoms with Crippen LogP contribution in [0.3, 0.4) is 0 Å². The lowest BCUT2D eigenvalue weighted by Crippen LogP contribution is -2.49. The largest absolute Gasteiger partial charge is 0.376 e. The van der Waals surface area contributed by atoms with Crippen LogP contribution < -0.4 is 0 Å². The lowest BCUT2D eigenvalue weighted by Gasteiger charge is -2.38. The molecule has 5 nitrogen and oxygen atoms in total. The van der Waals surface area contributed by atoms with Gasteiger partial charge >= 0.3 is 0 Å². The van der Waals surface area contributed by atoms with Crippen LogP contribution in [0.1, 0.15) is 67.0 Å². The number of hydrogen-bond donors (Lipinski definition) is 0. The lowest BCUT2D eigenvalue weighted by atomic mass is 9.88. The van der Waals surface area contributed by atoms with Crippen molar-refractivity contribution in [1.82, 2.24) is 9.80 Å². The van der Waals surface area contributed by atoms with Gasteiger partial charge in [0, 0.05) is 40.5 Å². The molecular formula is C27H32Cl2N2O3S. The highest BCUT2D eigenvalue weighted by Crippen LogP contribution is 2.41. The predicted octanol–water partition coefficient (Wildman–Crippen LogP) is 6.12. The second-order valence-electron chi connectivity index (χ2n) is 9.89. The molecule has 1 aromatic heterocycles. The molecule has 0 radical (unpaired) electrons. The number of nitrogens with zero attached hydrogens (tertiary/aromatic N) is 2. The fourth-order valence-electron chi connectivity index (χ4n) is 5.77. The van der Waals surface area contributed by atoms with Gasteiger partial charge in [0.1, 0.15) is 0 Å². The minimum atomic E-state index is -0.281. The minimum absolute atomic E-state index is 0.0154. The molecule has 5 rings (SSSR count). The molecule has 2 aromatic rings. The van der Waals surface area contributed by atoms with Gasteiger partial charge in [0.2, 0.25) is 11.8 Å². The second kappa shape index (κ2) is 11.2. The first-order valence-electron chi connectivity index (χ1n) is 12.7. The number of carbonyl (C=O) groups is 2. The van der Waals surface area contributed by atoms with Gasteiger partial charge in [0.05, 0.1) is 18.7 Å². The van der Waals surface area contributed by atoms with Crippen molar-refractivity contribution >= 4 is 46.4 Å². The monoisotopic (exact) mass is 534 g/mol. The van der Waals surface area contributed by atoms with E-state index in [0.29, 0.717) is 23.1 Å². The SMILES string of the molecule is O=C(C1CCCCC1)N(CC(=O)N1CCc2sccc2C1c1ccc(Cl)cc1Cl)CC1CCCO1. The molecular weight excluding hydrogens is 503 g/mol. The molecule has 0 bridgehead atoms. The van der Waals surface area contributed by atoms with Crippen molar-refractivity contribution in [1.29, 1.82) is 0 Å². The van der Waals surface area contributed by atoms with E-state index in [1.165, 1.54) is 11.3 Å². The molecule has 188 valence electrons. The van der Waals surface area contributed by atoms with E-state index in [1.54, 1.807) is 22.3 Å². The van der Waals surface area contributed by atoms with Gasteiger partial charge in [0.15, 0.2) is 0 Å². The minimum Gasteiger partial charge on any atom is -0.376 e. The first-order valence-corrected chi connectivity index (χ1v) is 14.4. The zero-order chi connectivity index (χ0) is 24.4. The van der Waals surface area contributed by atoms with Gasteiger partial charge in [-0.25, -0.2) is 0 Å². The quantitative estimate of drug-likeness (QED) is 0.448. The Kier molecular flexibility index (Phi) is 8.02. The topological polar surface area (TPSA) is 49.9 Å². The van der Waals surface area contributed by atoms with E-state index < -0.39 is 0 Å². The summed E-state index contributed by atoms with van der Waals surface area (Å²) < 4.78 is 5.85. The molecule has 2 fully saturated rings. The van der Waals surface area contributed by atoms with Gasteiger partial charge in [-0.05, 0) is 66.8 Å². The second-order valence-corrected chi connectivity index (χ2v) is 11.7. The molecule has 8 heteroatoms. The zero-order valence-electron chi connectivity index (χ0n) is 19.9. The molecule has 3 heterocycles. The van der Waals surface area contributed by atoms with Gasteiger partial charge in [-0.2, -0.15) is 0 Å². The number of ether oxygens (including phenoxy) is 1. The molecule has 1 aliphatic carbocycles. The van der Waals surface area contributed by atoms with E-state index in [2.05, 4.69) is 11.4 Å². The molecule has 1 saturated heterocycles. The van der Waals surface area contributed by atoms with Crippen molar-refractivity contribution in [2.45, 2.75) is 63.5 Å². The fraction of sp³-hybridized carbons (Fsp3) is 0.556. The maximum absolute atomic E-state index is 13.9. The van der Waals surface area contributed by atoms with Crippen LogP contribution in [0.5, 0.6) is 0 Å². The van der Waals surface area contributed by atoms with Crippen LogP contribution in [-0.4, -0.2) is 54.0 Å². The summed E-state index contributed by atoms with van der Waals surface area (Å²) in [4.78, 5) is 32.4. The number of fused-ring (bicyclic) bond motifs is 1. The highest BCUT2D eigenvalue weighted by molar-refractivity contribution is 7.10. The molecule has 1 saturated carbocycles. The number of carbonyl (C=O) groups excluding carboxylic acids is 2. The lowest BCUT2D eigenvalue weighted by molar-refractivity contribution is -0.146. The maximum Gasteiger partial charge on any atom is 0.242 e. The summed E-state index contributed by atoms with van der Waals surface area (Å²) in [7, 11) is 0. The fourth-order valence-corrected chi connectivity index (χ4v) is 7.19. The Hall–Kier alpha value is -1.60. The highest BCUT2D eigenvalue weighted by Gasteiger charge is 2.37. The Labute approximate surface area is 221 Å².